The molecule has 0 unspecified atom stereocenters. The Balaban J connectivity index is 2.29. The zero-order valence-electron chi connectivity index (χ0n) is 10.8. The molecule has 0 aliphatic carbocycles. The van der Waals surface area contributed by atoms with Gasteiger partial charge in [-0.25, -0.2) is 13.2 Å². The lowest BCUT2D eigenvalue weighted by Crippen LogP contribution is -2.45. The molecule has 1 amide bonds. The number of piperidine rings is 1. The Hall–Kier alpha value is -1.24. The van der Waals surface area contributed by atoms with Crippen LogP contribution in [0.3, 0.4) is 0 Å². The van der Waals surface area contributed by atoms with Crippen LogP contribution in [0.15, 0.2) is 16.6 Å². The van der Waals surface area contributed by atoms with Crippen LogP contribution in [-0.4, -0.2) is 36.9 Å². The highest BCUT2D eigenvalue weighted by atomic mass is 79.9. The molecule has 1 aromatic carbocycles. The number of carbonyl (C=O) groups is 1. The second-order valence-corrected chi connectivity index (χ2v) is 5.51. The van der Waals surface area contributed by atoms with Crippen LogP contribution in [-0.2, 0) is 0 Å². The quantitative estimate of drug-likeness (QED) is 0.816. The Morgan fingerprint density at radius 3 is 2.75 bits per heavy atom. The molecule has 1 saturated heterocycles. The molecule has 20 heavy (non-hydrogen) atoms. The molecule has 1 aliphatic heterocycles. The van der Waals surface area contributed by atoms with Crippen LogP contribution >= 0.6 is 15.9 Å². The molecule has 0 aromatic heterocycles. The first-order valence-electron chi connectivity index (χ1n) is 6.04. The number of likely N-dealkylation sites (tertiary alicyclic amines) is 1. The Labute approximate surface area is 122 Å². The predicted octanol–water partition coefficient (Wildman–Crippen LogP) is 3.47. The monoisotopic (exact) mass is 351 g/mol. The lowest BCUT2D eigenvalue weighted by Gasteiger charge is -2.32. The third-order valence-electron chi connectivity index (χ3n) is 3.15. The molecule has 0 bridgehead atoms. The van der Waals surface area contributed by atoms with Crippen molar-refractivity contribution in [2.45, 2.75) is 18.8 Å². The summed E-state index contributed by atoms with van der Waals surface area (Å²) in [6, 6.07) is 2.31. The van der Waals surface area contributed by atoms with Crippen LogP contribution < -0.4 is 4.74 Å². The van der Waals surface area contributed by atoms with Crippen LogP contribution in [0.1, 0.15) is 23.2 Å². The van der Waals surface area contributed by atoms with E-state index < -0.39 is 24.2 Å². The van der Waals surface area contributed by atoms with E-state index in [4.69, 9.17) is 4.74 Å². The lowest BCUT2D eigenvalue weighted by molar-refractivity contribution is -0.0560. The minimum Gasteiger partial charge on any atom is -0.494 e. The number of hydrogen-bond acceptors (Lipinski definition) is 2. The zero-order chi connectivity index (χ0) is 14.9. The smallest absolute Gasteiger partial charge is 0.265 e. The van der Waals surface area contributed by atoms with Crippen molar-refractivity contribution in [2.24, 2.45) is 0 Å². The molecule has 1 aliphatic rings. The first-order valence-corrected chi connectivity index (χ1v) is 6.83. The number of halogens is 4. The largest absolute Gasteiger partial charge is 0.494 e. The summed E-state index contributed by atoms with van der Waals surface area (Å²) in [4.78, 5) is 13.4. The Kier molecular flexibility index (Phi) is 4.27. The molecule has 3 nitrogen and oxygen atoms in total. The summed E-state index contributed by atoms with van der Waals surface area (Å²) >= 11 is 3.08. The van der Waals surface area contributed by atoms with Gasteiger partial charge in [-0.3, -0.25) is 4.79 Å². The van der Waals surface area contributed by atoms with Crippen molar-refractivity contribution in [3.8, 4) is 5.75 Å². The summed E-state index contributed by atoms with van der Waals surface area (Å²) in [6.07, 6.45) is 0.0272. The van der Waals surface area contributed by atoms with Crippen molar-refractivity contribution < 1.29 is 22.7 Å². The molecule has 1 fully saturated rings. The summed E-state index contributed by atoms with van der Waals surface area (Å²) in [6.45, 7) is -0.349. The van der Waals surface area contributed by atoms with Crippen molar-refractivity contribution in [3.05, 3.63) is 28.0 Å². The summed E-state index contributed by atoms with van der Waals surface area (Å²) in [5.74, 6) is -4.15. The molecule has 7 heteroatoms. The van der Waals surface area contributed by atoms with Crippen molar-refractivity contribution >= 4 is 21.8 Å². The highest BCUT2D eigenvalue weighted by molar-refractivity contribution is 9.10. The van der Waals surface area contributed by atoms with E-state index in [9.17, 15) is 18.0 Å². The van der Waals surface area contributed by atoms with Gasteiger partial charge >= 0.3 is 0 Å². The summed E-state index contributed by atoms with van der Waals surface area (Å²) in [7, 11) is 1.27. The highest BCUT2D eigenvalue weighted by Crippen LogP contribution is 2.31. The molecule has 110 valence electrons. The van der Waals surface area contributed by atoms with Gasteiger partial charge in [0.2, 0.25) is 0 Å². The second-order valence-electron chi connectivity index (χ2n) is 4.65. The average molecular weight is 352 g/mol. The molecule has 0 atom stereocenters. The number of hydrogen-bond donors (Lipinski definition) is 0. The summed E-state index contributed by atoms with van der Waals surface area (Å²) in [5, 5.41) is 0. The predicted molar refractivity (Wildman–Crippen MR) is 70.7 cm³/mol. The molecule has 0 N–H and O–H groups in total. The van der Waals surface area contributed by atoms with E-state index in [2.05, 4.69) is 15.9 Å². The van der Waals surface area contributed by atoms with Gasteiger partial charge in [0, 0.05) is 17.4 Å². The highest BCUT2D eigenvalue weighted by Gasteiger charge is 2.37. The molecule has 1 heterocycles. The number of benzene rings is 1. The van der Waals surface area contributed by atoms with Crippen molar-refractivity contribution in [1.82, 2.24) is 4.90 Å². The Morgan fingerprint density at radius 2 is 2.15 bits per heavy atom. The topological polar surface area (TPSA) is 29.5 Å². The molecule has 0 spiro atoms. The van der Waals surface area contributed by atoms with Crippen LogP contribution in [0.4, 0.5) is 13.2 Å². The number of nitrogens with zero attached hydrogens (tertiary/aromatic N) is 1. The van der Waals surface area contributed by atoms with Gasteiger partial charge < -0.3 is 9.64 Å². The lowest BCUT2D eigenvalue weighted by atomic mass is 10.1. The normalized spacial score (nSPS) is 17.9. The van der Waals surface area contributed by atoms with Gasteiger partial charge in [0.05, 0.1) is 19.2 Å². The maximum atomic E-state index is 13.5. The minimum atomic E-state index is -2.87. The molecular weight excluding hydrogens is 339 g/mol. The number of alkyl halides is 2. The maximum Gasteiger partial charge on any atom is 0.265 e. The van der Waals surface area contributed by atoms with Gasteiger partial charge in [0.25, 0.3) is 11.8 Å². The van der Waals surface area contributed by atoms with Gasteiger partial charge in [-0.15, -0.1) is 0 Å². The molecule has 0 saturated carbocycles. The van der Waals surface area contributed by atoms with E-state index in [1.54, 1.807) is 0 Å². The summed E-state index contributed by atoms with van der Waals surface area (Å²) in [5.41, 5.74) is 0.112. The number of amides is 1. The third-order valence-corrected chi connectivity index (χ3v) is 3.81. The van der Waals surface area contributed by atoms with Gasteiger partial charge in [-0.2, -0.15) is 0 Å². The number of rotatable bonds is 2. The number of carbonyl (C=O) groups excluding carboxylic acids is 1. The minimum absolute atomic E-state index is 0.0969. The van der Waals surface area contributed by atoms with E-state index in [-0.39, 0.29) is 35.2 Å². The van der Waals surface area contributed by atoms with Crippen LogP contribution in [0, 0.1) is 5.82 Å². The van der Waals surface area contributed by atoms with Crippen molar-refractivity contribution in [3.63, 3.8) is 0 Å². The van der Waals surface area contributed by atoms with Crippen LogP contribution in [0.2, 0.25) is 0 Å². The number of methoxy groups -OCH3 is 1. The molecule has 0 radical (unpaired) electrons. The van der Waals surface area contributed by atoms with Crippen LogP contribution in [0.5, 0.6) is 5.75 Å². The fourth-order valence-corrected chi connectivity index (χ4v) is 2.64. The van der Waals surface area contributed by atoms with Crippen molar-refractivity contribution in [2.75, 3.05) is 20.2 Å². The van der Waals surface area contributed by atoms with E-state index in [1.165, 1.54) is 13.2 Å². The third kappa shape index (κ3) is 3.08. The molecule has 1 aromatic rings. The first kappa shape index (κ1) is 15.2. The Morgan fingerprint density at radius 1 is 1.45 bits per heavy atom. The van der Waals surface area contributed by atoms with E-state index >= 15 is 0 Å². The molecular formula is C13H13BrF3NO2. The zero-order valence-corrected chi connectivity index (χ0v) is 12.3. The fraction of sp³-hybridized carbons (Fsp3) is 0.462. The summed E-state index contributed by atoms with van der Waals surface area (Å²) < 4.78 is 45.2. The second kappa shape index (κ2) is 5.63. The van der Waals surface area contributed by atoms with Crippen LogP contribution in [0.25, 0.3) is 0 Å². The maximum absolute atomic E-state index is 13.5. The average Bonchev–Trinajstić information content (AvgIpc) is 2.37. The van der Waals surface area contributed by atoms with Gasteiger partial charge in [0.1, 0.15) is 0 Å². The van der Waals surface area contributed by atoms with Gasteiger partial charge in [-0.1, -0.05) is 0 Å². The fourth-order valence-electron chi connectivity index (χ4n) is 2.16. The Bertz CT molecular complexity index is 537. The van der Waals surface area contributed by atoms with E-state index in [0.29, 0.717) is 0 Å². The first-order chi connectivity index (χ1) is 9.34. The number of ether oxygens (including phenoxy) is 1. The SMILES string of the molecule is COc1cc(C(=O)N2CCCC(F)(F)C2)c(Br)cc1F. The standard InChI is InChI=1S/C13H13BrF3NO2/c1-20-11-5-8(9(14)6-10(11)15)12(19)18-4-2-3-13(16,17)7-18/h5-6H,2-4,7H2,1H3. The van der Waals surface area contributed by atoms with Gasteiger partial charge in [0.15, 0.2) is 11.6 Å². The van der Waals surface area contributed by atoms with E-state index in [1.807, 2.05) is 0 Å². The van der Waals surface area contributed by atoms with E-state index in [0.717, 1.165) is 11.0 Å². The van der Waals surface area contributed by atoms with Gasteiger partial charge in [-0.05, 0) is 34.5 Å². The molecule has 2 rings (SSSR count). The van der Waals surface area contributed by atoms with Crippen molar-refractivity contribution in [1.29, 1.82) is 0 Å².